The van der Waals surface area contributed by atoms with E-state index in [-0.39, 0.29) is 22.9 Å². The molecule has 6 heteroatoms. The number of methoxy groups -OCH3 is 1. The van der Waals surface area contributed by atoms with Crippen molar-refractivity contribution in [3.05, 3.63) is 47.9 Å². The zero-order chi connectivity index (χ0) is 13.8. The molecule has 0 aliphatic carbocycles. The van der Waals surface area contributed by atoms with E-state index in [1.165, 1.54) is 37.6 Å². The molecule has 0 fully saturated rings. The van der Waals surface area contributed by atoms with Crippen LogP contribution in [-0.4, -0.2) is 18.1 Å². The molecule has 2 rings (SSSR count). The Balaban J connectivity index is 2.40. The number of nitrogens with two attached hydrogens (primary N) is 1. The van der Waals surface area contributed by atoms with E-state index in [0.717, 1.165) is 0 Å². The van der Waals surface area contributed by atoms with Gasteiger partial charge in [0.2, 0.25) is 5.88 Å². The number of hydrogen-bond acceptors (Lipinski definition) is 5. The summed E-state index contributed by atoms with van der Waals surface area (Å²) in [5.41, 5.74) is 5.86. The summed E-state index contributed by atoms with van der Waals surface area (Å²) in [6.45, 7) is 0. The molecule has 0 saturated heterocycles. The number of halogens is 1. The molecule has 1 aromatic heterocycles. The second-order valence-corrected chi connectivity index (χ2v) is 3.65. The number of carbonyl (C=O) groups is 1. The van der Waals surface area contributed by atoms with Gasteiger partial charge in [0.05, 0.1) is 19.0 Å². The van der Waals surface area contributed by atoms with Gasteiger partial charge in [0.1, 0.15) is 5.56 Å². The first-order valence-corrected chi connectivity index (χ1v) is 5.38. The van der Waals surface area contributed by atoms with Gasteiger partial charge in [0.25, 0.3) is 0 Å². The van der Waals surface area contributed by atoms with Crippen LogP contribution in [0.5, 0.6) is 11.6 Å². The Bertz CT molecular complexity index is 617. The van der Waals surface area contributed by atoms with E-state index < -0.39 is 11.8 Å². The molecule has 2 aromatic rings. The lowest BCUT2D eigenvalue weighted by atomic mass is 10.2. The van der Waals surface area contributed by atoms with Crippen molar-refractivity contribution in [2.75, 3.05) is 12.8 Å². The monoisotopic (exact) mass is 262 g/mol. The van der Waals surface area contributed by atoms with Gasteiger partial charge in [0, 0.05) is 0 Å². The summed E-state index contributed by atoms with van der Waals surface area (Å²) in [6, 6.07) is 7.15. The summed E-state index contributed by atoms with van der Waals surface area (Å²) in [5, 5.41) is 0. The average Bonchev–Trinajstić information content (AvgIpc) is 2.42. The van der Waals surface area contributed by atoms with Crippen LogP contribution in [0, 0.1) is 5.82 Å². The SMILES string of the molecule is COC(=O)c1cc(N)cnc1Oc1ccccc1F. The zero-order valence-electron chi connectivity index (χ0n) is 10.1. The fourth-order valence-corrected chi connectivity index (χ4v) is 1.44. The van der Waals surface area contributed by atoms with Crippen LogP contribution in [0.3, 0.4) is 0 Å². The van der Waals surface area contributed by atoms with Crippen molar-refractivity contribution in [3.63, 3.8) is 0 Å². The second kappa shape index (κ2) is 5.34. The first-order valence-electron chi connectivity index (χ1n) is 5.38. The van der Waals surface area contributed by atoms with Crippen molar-refractivity contribution in [2.45, 2.75) is 0 Å². The molecule has 0 unspecified atom stereocenters. The van der Waals surface area contributed by atoms with E-state index in [0.29, 0.717) is 0 Å². The fourth-order valence-electron chi connectivity index (χ4n) is 1.44. The van der Waals surface area contributed by atoms with Gasteiger partial charge in [-0.1, -0.05) is 12.1 Å². The standard InChI is InChI=1S/C13H11FN2O3/c1-18-13(17)9-6-8(15)7-16-12(9)19-11-5-3-2-4-10(11)14/h2-7H,15H2,1H3. The summed E-state index contributed by atoms with van der Waals surface area (Å²) in [4.78, 5) is 15.4. The number of nitrogen functional groups attached to an aromatic ring is 1. The predicted octanol–water partition coefficient (Wildman–Crippen LogP) is 2.38. The molecule has 98 valence electrons. The van der Waals surface area contributed by atoms with E-state index in [1.54, 1.807) is 6.07 Å². The molecule has 0 bridgehead atoms. The van der Waals surface area contributed by atoms with Crippen molar-refractivity contribution in [1.82, 2.24) is 4.98 Å². The van der Waals surface area contributed by atoms with Crippen molar-refractivity contribution in [1.29, 1.82) is 0 Å². The topological polar surface area (TPSA) is 74.4 Å². The van der Waals surface area contributed by atoms with Crippen LogP contribution in [0.2, 0.25) is 0 Å². The van der Waals surface area contributed by atoms with Crippen LogP contribution in [-0.2, 0) is 4.74 Å². The van der Waals surface area contributed by atoms with Crippen LogP contribution in [0.25, 0.3) is 0 Å². The number of carbonyl (C=O) groups excluding carboxylic acids is 1. The number of esters is 1. The summed E-state index contributed by atoms with van der Waals surface area (Å²) in [6.07, 6.45) is 1.31. The maximum absolute atomic E-state index is 13.5. The van der Waals surface area contributed by atoms with Gasteiger partial charge in [0.15, 0.2) is 11.6 Å². The number of anilines is 1. The molecule has 0 saturated carbocycles. The number of hydrogen-bond donors (Lipinski definition) is 1. The summed E-state index contributed by atoms with van der Waals surface area (Å²) < 4.78 is 23.3. The van der Waals surface area contributed by atoms with Crippen LogP contribution in [0.1, 0.15) is 10.4 Å². The molecule has 0 spiro atoms. The molecule has 0 aliphatic rings. The Hall–Kier alpha value is -2.63. The van der Waals surface area contributed by atoms with Gasteiger partial charge in [-0.3, -0.25) is 0 Å². The zero-order valence-corrected chi connectivity index (χ0v) is 10.1. The maximum atomic E-state index is 13.5. The molecule has 0 radical (unpaired) electrons. The lowest BCUT2D eigenvalue weighted by Crippen LogP contribution is -2.06. The van der Waals surface area contributed by atoms with Crippen molar-refractivity contribution in [3.8, 4) is 11.6 Å². The largest absolute Gasteiger partial charge is 0.465 e. The van der Waals surface area contributed by atoms with E-state index in [1.807, 2.05) is 0 Å². The van der Waals surface area contributed by atoms with E-state index in [4.69, 9.17) is 10.5 Å². The van der Waals surface area contributed by atoms with Gasteiger partial charge in [-0.05, 0) is 18.2 Å². The Labute approximate surface area is 108 Å². The van der Waals surface area contributed by atoms with Gasteiger partial charge < -0.3 is 15.2 Å². The third kappa shape index (κ3) is 2.79. The van der Waals surface area contributed by atoms with Gasteiger partial charge in [-0.15, -0.1) is 0 Å². The van der Waals surface area contributed by atoms with Gasteiger partial charge >= 0.3 is 5.97 Å². The van der Waals surface area contributed by atoms with E-state index in [9.17, 15) is 9.18 Å². The molecular formula is C13H11FN2O3. The molecule has 1 heterocycles. The minimum absolute atomic E-state index is 0.0331. The highest BCUT2D eigenvalue weighted by molar-refractivity contribution is 5.92. The number of pyridine rings is 1. The second-order valence-electron chi connectivity index (χ2n) is 3.65. The Morgan fingerprint density at radius 2 is 2.11 bits per heavy atom. The molecule has 0 atom stereocenters. The molecule has 0 aliphatic heterocycles. The third-order valence-electron chi connectivity index (χ3n) is 2.32. The van der Waals surface area contributed by atoms with Crippen molar-refractivity contribution >= 4 is 11.7 Å². The smallest absolute Gasteiger partial charge is 0.343 e. The van der Waals surface area contributed by atoms with Crippen LogP contribution < -0.4 is 10.5 Å². The maximum Gasteiger partial charge on any atom is 0.343 e. The molecule has 19 heavy (non-hydrogen) atoms. The van der Waals surface area contributed by atoms with Gasteiger partial charge in [-0.2, -0.15) is 0 Å². The minimum Gasteiger partial charge on any atom is -0.465 e. The Morgan fingerprint density at radius 3 is 2.79 bits per heavy atom. The lowest BCUT2D eigenvalue weighted by molar-refractivity contribution is 0.0597. The quantitative estimate of drug-likeness (QED) is 0.859. The molecule has 2 N–H and O–H groups in total. The van der Waals surface area contributed by atoms with E-state index in [2.05, 4.69) is 9.72 Å². The first-order chi connectivity index (χ1) is 9.11. The number of rotatable bonds is 3. The van der Waals surface area contributed by atoms with Crippen LogP contribution >= 0.6 is 0 Å². The molecule has 1 aromatic carbocycles. The minimum atomic E-state index is -0.661. The fraction of sp³-hybridized carbons (Fsp3) is 0.0769. The number of para-hydroxylation sites is 1. The number of ether oxygens (including phenoxy) is 2. The normalized spacial score (nSPS) is 10.0. The van der Waals surface area contributed by atoms with Gasteiger partial charge in [-0.25, -0.2) is 14.2 Å². The summed E-state index contributed by atoms with van der Waals surface area (Å²) in [7, 11) is 1.22. The Morgan fingerprint density at radius 1 is 1.37 bits per heavy atom. The number of benzene rings is 1. The Kier molecular flexibility index (Phi) is 3.61. The van der Waals surface area contributed by atoms with E-state index >= 15 is 0 Å². The molecule has 0 amide bonds. The number of aromatic nitrogens is 1. The lowest BCUT2D eigenvalue weighted by Gasteiger charge is -2.09. The highest BCUT2D eigenvalue weighted by Gasteiger charge is 2.17. The van der Waals surface area contributed by atoms with Crippen LogP contribution in [0.15, 0.2) is 36.5 Å². The average molecular weight is 262 g/mol. The summed E-state index contributed by atoms with van der Waals surface area (Å²) in [5.74, 6) is -1.32. The van der Waals surface area contributed by atoms with Crippen molar-refractivity contribution < 1.29 is 18.7 Å². The molecular weight excluding hydrogens is 251 g/mol. The highest BCUT2D eigenvalue weighted by Crippen LogP contribution is 2.26. The third-order valence-corrected chi connectivity index (χ3v) is 2.32. The molecule has 5 nitrogen and oxygen atoms in total. The predicted molar refractivity (Wildman–Crippen MR) is 66.5 cm³/mol. The van der Waals surface area contributed by atoms with Crippen molar-refractivity contribution in [2.24, 2.45) is 0 Å². The first kappa shape index (κ1) is 12.8. The summed E-state index contributed by atoms with van der Waals surface area (Å²) >= 11 is 0. The number of nitrogens with zero attached hydrogens (tertiary/aromatic N) is 1. The van der Waals surface area contributed by atoms with Crippen LogP contribution in [0.4, 0.5) is 10.1 Å². The highest BCUT2D eigenvalue weighted by atomic mass is 19.1.